The van der Waals surface area contributed by atoms with Gasteiger partial charge in [0.25, 0.3) is 0 Å². The molecule has 0 aliphatic rings. The number of halogens is 1. The van der Waals surface area contributed by atoms with Gasteiger partial charge in [-0.15, -0.1) is 0 Å². The number of rotatable bonds is 5. The van der Waals surface area contributed by atoms with Crippen LogP contribution in [0.4, 0.5) is 0 Å². The van der Waals surface area contributed by atoms with Crippen molar-refractivity contribution < 1.29 is 5.11 Å². The molecule has 2 N–H and O–H groups in total. The molecule has 0 aromatic carbocycles. The topological polar surface area (TPSA) is 32.3 Å². The zero-order valence-electron chi connectivity index (χ0n) is 6.18. The lowest BCUT2D eigenvalue weighted by molar-refractivity contribution is 0.270. The fourth-order valence-corrected chi connectivity index (χ4v) is 0.699. The Morgan fingerprint density at radius 2 is 2.40 bits per heavy atom. The molecule has 0 aliphatic heterocycles. The fourth-order valence-electron chi connectivity index (χ4n) is 0.609. The number of nitrogens with one attached hydrogen (secondary N) is 1. The summed E-state index contributed by atoms with van der Waals surface area (Å²) >= 11 is 5.29. The van der Waals surface area contributed by atoms with Gasteiger partial charge in [-0.05, 0) is 13.3 Å². The lowest BCUT2D eigenvalue weighted by Crippen LogP contribution is -2.26. The average Bonchev–Trinajstić information content (AvgIpc) is 1.89. The Hall–Kier alpha value is -0.0500. The van der Waals surface area contributed by atoms with Crippen LogP contribution in [0.1, 0.15) is 13.3 Å². The summed E-state index contributed by atoms with van der Waals surface area (Å²) in [5.41, 5.74) is 1.48. The van der Waals surface area contributed by atoms with Gasteiger partial charge in [-0.3, -0.25) is 0 Å². The summed E-state index contributed by atoms with van der Waals surface area (Å²) in [6.45, 7) is 3.03. The van der Waals surface area contributed by atoms with Crippen LogP contribution >= 0.6 is 11.6 Å². The van der Waals surface area contributed by atoms with Gasteiger partial charge in [0, 0.05) is 24.7 Å². The maximum atomic E-state index is 8.51. The predicted octanol–water partition coefficient (Wildman–Crippen LogP) is 1.10. The summed E-state index contributed by atoms with van der Waals surface area (Å²) < 4.78 is 0. The van der Waals surface area contributed by atoms with Gasteiger partial charge < -0.3 is 10.4 Å². The second-order valence-electron chi connectivity index (χ2n) is 2.18. The molecule has 1 unspecified atom stereocenters. The Kier molecular flexibility index (Phi) is 7.03. The summed E-state index contributed by atoms with van der Waals surface area (Å²) in [6.07, 6.45) is 2.62. The van der Waals surface area contributed by atoms with Gasteiger partial charge in [0.15, 0.2) is 0 Å². The Balaban J connectivity index is 3.12. The Morgan fingerprint density at radius 1 is 1.70 bits per heavy atom. The van der Waals surface area contributed by atoms with Crippen molar-refractivity contribution in [2.24, 2.45) is 0 Å². The minimum absolute atomic E-state index is 0.235. The lowest BCUT2D eigenvalue weighted by Gasteiger charge is -2.08. The van der Waals surface area contributed by atoms with Crippen LogP contribution in [0.2, 0.25) is 0 Å². The van der Waals surface area contributed by atoms with Crippen molar-refractivity contribution in [3.63, 3.8) is 0 Å². The Morgan fingerprint density at radius 3 is 2.90 bits per heavy atom. The summed E-state index contributed by atoms with van der Waals surface area (Å²) in [5.74, 6) is 0. The van der Waals surface area contributed by atoms with Gasteiger partial charge >= 0.3 is 0 Å². The van der Waals surface area contributed by atoms with E-state index >= 15 is 0 Å². The van der Waals surface area contributed by atoms with E-state index in [0.29, 0.717) is 6.04 Å². The zero-order valence-corrected chi connectivity index (χ0v) is 6.93. The number of aliphatic hydroxyl groups is 1. The molecule has 60 valence electrons. The van der Waals surface area contributed by atoms with E-state index in [-0.39, 0.29) is 6.61 Å². The molecule has 0 aliphatic carbocycles. The SMILES string of the molecule is CC(CCO)NC/C=C/Cl. The van der Waals surface area contributed by atoms with E-state index in [2.05, 4.69) is 5.32 Å². The van der Waals surface area contributed by atoms with Gasteiger partial charge in [-0.1, -0.05) is 17.7 Å². The first-order chi connectivity index (χ1) is 4.81. The van der Waals surface area contributed by atoms with Crippen molar-refractivity contribution in [3.8, 4) is 0 Å². The standard InChI is InChI=1S/C7H14ClNO/c1-7(3-6-10)9-5-2-4-8/h2,4,7,9-10H,3,5-6H2,1H3/b4-2+. The molecule has 2 nitrogen and oxygen atoms in total. The average molecular weight is 164 g/mol. The number of hydrogen-bond donors (Lipinski definition) is 2. The first-order valence-corrected chi connectivity index (χ1v) is 3.84. The van der Waals surface area contributed by atoms with Gasteiger partial charge in [0.05, 0.1) is 0 Å². The number of aliphatic hydroxyl groups excluding tert-OH is 1. The molecule has 0 heterocycles. The second kappa shape index (κ2) is 7.06. The van der Waals surface area contributed by atoms with E-state index in [9.17, 15) is 0 Å². The molecule has 0 spiro atoms. The quantitative estimate of drug-likeness (QED) is 0.636. The largest absolute Gasteiger partial charge is 0.396 e. The van der Waals surface area contributed by atoms with Crippen LogP contribution in [0.3, 0.4) is 0 Å². The maximum absolute atomic E-state index is 8.51. The third-order valence-corrected chi connectivity index (χ3v) is 1.41. The molecule has 10 heavy (non-hydrogen) atoms. The van der Waals surface area contributed by atoms with E-state index in [0.717, 1.165) is 13.0 Å². The predicted molar refractivity (Wildman–Crippen MR) is 44.2 cm³/mol. The van der Waals surface area contributed by atoms with Crippen LogP contribution in [-0.2, 0) is 0 Å². The first kappa shape index (κ1) is 9.95. The molecule has 0 saturated heterocycles. The fraction of sp³-hybridized carbons (Fsp3) is 0.714. The molecular weight excluding hydrogens is 150 g/mol. The normalized spacial score (nSPS) is 14.3. The molecular formula is C7H14ClNO. The smallest absolute Gasteiger partial charge is 0.0445 e. The summed E-state index contributed by atoms with van der Waals surface area (Å²) in [5, 5.41) is 11.7. The van der Waals surface area contributed by atoms with Gasteiger partial charge in [-0.2, -0.15) is 0 Å². The molecule has 0 fully saturated rings. The van der Waals surface area contributed by atoms with Crippen molar-refractivity contribution in [1.82, 2.24) is 5.32 Å². The summed E-state index contributed by atoms with van der Waals surface area (Å²) in [7, 11) is 0. The third kappa shape index (κ3) is 6.08. The van der Waals surface area contributed by atoms with Gasteiger partial charge in [0.2, 0.25) is 0 Å². The van der Waals surface area contributed by atoms with Crippen LogP contribution in [0.25, 0.3) is 0 Å². The van der Waals surface area contributed by atoms with E-state index in [1.165, 1.54) is 5.54 Å². The monoisotopic (exact) mass is 163 g/mol. The van der Waals surface area contributed by atoms with Crippen LogP contribution < -0.4 is 5.32 Å². The Bertz CT molecular complexity index is 95.6. The van der Waals surface area contributed by atoms with Crippen molar-refractivity contribution in [1.29, 1.82) is 0 Å². The van der Waals surface area contributed by atoms with Crippen LogP contribution in [0.15, 0.2) is 11.6 Å². The highest BCUT2D eigenvalue weighted by atomic mass is 35.5. The van der Waals surface area contributed by atoms with E-state index in [1.54, 1.807) is 0 Å². The molecule has 1 atom stereocenters. The molecule has 0 amide bonds. The number of hydrogen-bond acceptors (Lipinski definition) is 2. The van der Waals surface area contributed by atoms with E-state index in [4.69, 9.17) is 16.7 Å². The van der Waals surface area contributed by atoms with Gasteiger partial charge in [0.1, 0.15) is 0 Å². The third-order valence-electron chi connectivity index (χ3n) is 1.24. The highest BCUT2D eigenvalue weighted by Gasteiger charge is 1.95. The van der Waals surface area contributed by atoms with Crippen molar-refractivity contribution in [3.05, 3.63) is 11.6 Å². The second-order valence-corrected chi connectivity index (χ2v) is 2.44. The first-order valence-electron chi connectivity index (χ1n) is 3.40. The molecule has 0 saturated carbocycles. The maximum Gasteiger partial charge on any atom is 0.0445 e. The highest BCUT2D eigenvalue weighted by molar-refractivity contribution is 6.25. The van der Waals surface area contributed by atoms with Crippen molar-refractivity contribution in [2.75, 3.05) is 13.2 Å². The van der Waals surface area contributed by atoms with E-state index < -0.39 is 0 Å². The van der Waals surface area contributed by atoms with Crippen LogP contribution in [-0.4, -0.2) is 24.3 Å². The molecule has 0 aromatic heterocycles. The van der Waals surface area contributed by atoms with Gasteiger partial charge in [-0.25, -0.2) is 0 Å². The minimum Gasteiger partial charge on any atom is -0.396 e. The summed E-state index contributed by atoms with van der Waals surface area (Å²) in [6, 6.07) is 0.359. The molecule has 0 aromatic rings. The van der Waals surface area contributed by atoms with Crippen LogP contribution in [0, 0.1) is 0 Å². The summed E-state index contributed by atoms with van der Waals surface area (Å²) in [4.78, 5) is 0. The highest BCUT2D eigenvalue weighted by Crippen LogP contribution is 1.87. The molecule has 0 rings (SSSR count). The Labute approximate surface area is 66.9 Å². The lowest BCUT2D eigenvalue weighted by atomic mass is 10.2. The van der Waals surface area contributed by atoms with Crippen molar-refractivity contribution >= 4 is 11.6 Å². The van der Waals surface area contributed by atoms with Crippen molar-refractivity contribution in [2.45, 2.75) is 19.4 Å². The van der Waals surface area contributed by atoms with E-state index in [1.807, 2.05) is 13.0 Å². The van der Waals surface area contributed by atoms with Crippen LogP contribution in [0.5, 0.6) is 0 Å². The zero-order chi connectivity index (χ0) is 7.82. The molecule has 0 radical (unpaired) electrons. The minimum atomic E-state index is 0.235. The molecule has 0 bridgehead atoms. The molecule has 3 heteroatoms.